The van der Waals surface area contributed by atoms with E-state index in [0.717, 1.165) is 103 Å². The molecule has 4 nitrogen and oxygen atoms in total. The molecule has 0 saturated carbocycles. The highest BCUT2D eigenvalue weighted by Gasteiger charge is 2.17. The van der Waals surface area contributed by atoms with Crippen LogP contribution >= 0.6 is 0 Å². The number of aliphatic hydroxyl groups is 2. The van der Waals surface area contributed by atoms with Gasteiger partial charge in [-0.15, -0.1) is 0 Å². The fourth-order valence-corrected chi connectivity index (χ4v) is 5.81. The molecule has 0 aliphatic heterocycles. The molecule has 4 heteroatoms. The van der Waals surface area contributed by atoms with Crippen LogP contribution in [0.2, 0.25) is 0 Å². The third-order valence-corrected chi connectivity index (χ3v) is 9.31. The molecule has 0 aromatic rings. The summed E-state index contributed by atoms with van der Waals surface area (Å²) in [6.45, 7) is 4.13. The minimum Gasteiger partial charge on any atom is -0.394 e. The van der Waals surface area contributed by atoms with Crippen molar-refractivity contribution < 1.29 is 15.0 Å². The zero-order valence-electron chi connectivity index (χ0n) is 37.0. The second kappa shape index (κ2) is 47.6. The SMILES string of the molecule is CC/C=C\C/C=C\C/C=C\C/C=C\C/C=C\C/C=C\C/C=C\C/C=C\C/C=C\C/C=C\CCCCC(=O)NC(CO)C(O)/C=C/CC/C=C/CCCCCCCCC. The molecule has 58 heavy (non-hydrogen) atoms. The van der Waals surface area contributed by atoms with Crippen molar-refractivity contribution >= 4 is 5.91 Å². The number of hydrogen-bond acceptors (Lipinski definition) is 3. The number of carbonyl (C=O) groups excluding carboxylic acids is 1. The summed E-state index contributed by atoms with van der Waals surface area (Å²) in [6, 6.07) is -0.673. The van der Waals surface area contributed by atoms with Crippen molar-refractivity contribution in [3.05, 3.63) is 146 Å². The molecule has 3 N–H and O–H groups in total. The number of amides is 1. The zero-order valence-corrected chi connectivity index (χ0v) is 37.0. The Morgan fingerprint density at radius 3 is 1.21 bits per heavy atom. The van der Waals surface area contributed by atoms with Gasteiger partial charge in [-0.1, -0.05) is 198 Å². The van der Waals surface area contributed by atoms with E-state index in [1.165, 1.54) is 44.9 Å². The van der Waals surface area contributed by atoms with Crippen molar-refractivity contribution in [2.24, 2.45) is 0 Å². The second-order valence-corrected chi connectivity index (χ2v) is 14.7. The maximum Gasteiger partial charge on any atom is 0.220 e. The van der Waals surface area contributed by atoms with Gasteiger partial charge in [0.05, 0.1) is 18.8 Å². The minimum absolute atomic E-state index is 0.125. The quantitative estimate of drug-likeness (QED) is 0.0429. The van der Waals surface area contributed by atoms with E-state index in [4.69, 9.17) is 0 Å². The van der Waals surface area contributed by atoms with Crippen LogP contribution in [-0.4, -0.2) is 34.9 Å². The molecule has 2 unspecified atom stereocenters. The largest absolute Gasteiger partial charge is 0.394 e. The Hall–Kier alpha value is -3.73. The lowest BCUT2D eigenvalue weighted by Gasteiger charge is -2.19. The van der Waals surface area contributed by atoms with E-state index in [1.807, 2.05) is 6.08 Å². The van der Waals surface area contributed by atoms with Gasteiger partial charge < -0.3 is 15.5 Å². The summed E-state index contributed by atoms with van der Waals surface area (Å²) >= 11 is 0. The van der Waals surface area contributed by atoms with E-state index < -0.39 is 12.1 Å². The van der Waals surface area contributed by atoms with Crippen LogP contribution in [0.1, 0.15) is 168 Å². The summed E-state index contributed by atoms with van der Waals surface area (Å²) in [4.78, 5) is 12.4. The van der Waals surface area contributed by atoms with Gasteiger partial charge in [0.25, 0.3) is 0 Å². The molecule has 0 aliphatic rings. The van der Waals surface area contributed by atoms with Gasteiger partial charge in [-0.2, -0.15) is 0 Å². The lowest BCUT2D eigenvalue weighted by Crippen LogP contribution is -2.45. The maximum absolute atomic E-state index is 12.4. The molecule has 0 fully saturated rings. The number of unbranched alkanes of at least 4 members (excludes halogenated alkanes) is 10. The van der Waals surface area contributed by atoms with E-state index in [9.17, 15) is 15.0 Å². The zero-order chi connectivity index (χ0) is 42.1. The first kappa shape index (κ1) is 54.3. The monoisotopic (exact) mass is 796 g/mol. The Kier molecular flexibility index (Phi) is 44.6. The Morgan fingerprint density at radius 2 is 0.776 bits per heavy atom. The number of nitrogens with one attached hydrogen (secondary N) is 1. The summed E-state index contributed by atoms with van der Waals surface area (Å²) in [5.41, 5.74) is 0. The average molecular weight is 796 g/mol. The lowest BCUT2D eigenvalue weighted by atomic mass is 10.1. The van der Waals surface area contributed by atoms with Crippen LogP contribution in [0.5, 0.6) is 0 Å². The van der Waals surface area contributed by atoms with Crippen molar-refractivity contribution in [2.45, 2.75) is 180 Å². The number of rotatable bonds is 39. The van der Waals surface area contributed by atoms with E-state index in [2.05, 4.69) is 153 Å². The van der Waals surface area contributed by atoms with Gasteiger partial charge in [0.15, 0.2) is 0 Å². The predicted molar refractivity (Wildman–Crippen MR) is 257 cm³/mol. The van der Waals surface area contributed by atoms with Gasteiger partial charge in [0, 0.05) is 6.42 Å². The molecule has 324 valence electrons. The third kappa shape index (κ3) is 43.4. The van der Waals surface area contributed by atoms with Crippen LogP contribution < -0.4 is 5.32 Å². The van der Waals surface area contributed by atoms with Crippen molar-refractivity contribution in [1.82, 2.24) is 5.32 Å². The van der Waals surface area contributed by atoms with Crippen molar-refractivity contribution in [2.75, 3.05) is 6.61 Å². The molecule has 0 aromatic carbocycles. The van der Waals surface area contributed by atoms with Gasteiger partial charge >= 0.3 is 0 Å². The van der Waals surface area contributed by atoms with Crippen molar-refractivity contribution in [3.8, 4) is 0 Å². The molecule has 0 spiro atoms. The molecule has 2 atom stereocenters. The van der Waals surface area contributed by atoms with Gasteiger partial charge in [-0.3, -0.25) is 4.79 Å². The Bertz CT molecular complexity index is 1270. The van der Waals surface area contributed by atoms with E-state index in [0.29, 0.717) is 6.42 Å². The standard InChI is InChI=1S/C54H85NO3/c1-3-5-7-9-11-13-15-17-18-19-20-21-22-23-24-25-26-27-28-29-30-31-32-33-34-35-36-38-40-42-44-46-48-50-54(58)55-52(51-56)53(57)49-47-45-43-41-39-37-16-14-12-10-8-6-4-2/h5,7,11,13,17-18,20-21,23-24,26-27,29-30,32-33,35-36,39-42,47,49,52-53,56-57H,3-4,6,8-10,12,14-16,19,22,25,28,31,34,37-38,43-46,48,50-51H2,1-2H3,(H,55,58)/b7-5-,13-11-,18-17-,21-20-,24-23-,27-26-,30-29-,33-32-,36-35-,41-39+,42-40-,49-47+. The number of carbonyl (C=O) groups is 1. The fraction of sp³-hybridized carbons (Fsp3) is 0.537. The summed E-state index contributed by atoms with van der Waals surface area (Å²) in [6.07, 6.45) is 76.7. The molecule has 0 heterocycles. The lowest BCUT2D eigenvalue weighted by molar-refractivity contribution is -0.123. The summed E-state index contributed by atoms with van der Waals surface area (Å²) in [5.74, 6) is -0.125. The van der Waals surface area contributed by atoms with Crippen LogP contribution in [0.15, 0.2) is 146 Å². The van der Waals surface area contributed by atoms with Crippen LogP contribution in [0.4, 0.5) is 0 Å². The van der Waals surface area contributed by atoms with E-state index in [-0.39, 0.29) is 12.5 Å². The van der Waals surface area contributed by atoms with Crippen molar-refractivity contribution in [1.29, 1.82) is 0 Å². The highest BCUT2D eigenvalue weighted by molar-refractivity contribution is 5.76. The summed E-state index contributed by atoms with van der Waals surface area (Å²) in [7, 11) is 0. The average Bonchev–Trinajstić information content (AvgIpc) is 3.23. The van der Waals surface area contributed by atoms with Crippen LogP contribution in [-0.2, 0) is 4.79 Å². The first-order chi connectivity index (χ1) is 28.7. The minimum atomic E-state index is -0.890. The molecular weight excluding hydrogens is 711 g/mol. The number of allylic oxidation sites excluding steroid dienone is 23. The fourth-order valence-electron chi connectivity index (χ4n) is 5.81. The topological polar surface area (TPSA) is 69.6 Å². The van der Waals surface area contributed by atoms with Gasteiger partial charge in [-0.05, 0) is 109 Å². The van der Waals surface area contributed by atoms with Crippen LogP contribution in [0.25, 0.3) is 0 Å². The van der Waals surface area contributed by atoms with Crippen molar-refractivity contribution in [3.63, 3.8) is 0 Å². The third-order valence-electron chi connectivity index (χ3n) is 9.31. The smallest absolute Gasteiger partial charge is 0.220 e. The molecule has 0 radical (unpaired) electrons. The number of aliphatic hydroxyl groups excluding tert-OH is 2. The van der Waals surface area contributed by atoms with Gasteiger partial charge in [0.2, 0.25) is 5.91 Å². The normalized spacial score (nSPS) is 14.3. The molecular formula is C54H85NO3. The first-order valence-electron chi connectivity index (χ1n) is 23.0. The Morgan fingerprint density at radius 1 is 0.431 bits per heavy atom. The molecule has 0 rings (SSSR count). The van der Waals surface area contributed by atoms with Crippen LogP contribution in [0.3, 0.4) is 0 Å². The molecule has 1 amide bonds. The maximum atomic E-state index is 12.4. The second-order valence-electron chi connectivity index (χ2n) is 14.7. The first-order valence-corrected chi connectivity index (χ1v) is 23.0. The molecule has 0 bridgehead atoms. The number of hydrogen-bond donors (Lipinski definition) is 3. The van der Waals surface area contributed by atoms with Gasteiger partial charge in [0.1, 0.15) is 0 Å². The summed E-state index contributed by atoms with van der Waals surface area (Å²) < 4.78 is 0. The molecule has 0 saturated heterocycles. The summed E-state index contributed by atoms with van der Waals surface area (Å²) in [5, 5.41) is 22.9. The van der Waals surface area contributed by atoms with E-state index >= 15 is 0 Å². The highest BCUT2D eigenvalue weighted by Crippen LogP contribution is 2.09. The van der Waals surface area contributed by atoms with Crippen LogP contribution in [0, 0.1) is 0 Å². The molecule has 0 aromatic heterocycles. The Labute approximate surface area is 357 Å². The highest BCUT2D eigenvalue weighted by atomic mass is 16.3. The Balaban J connectivity index is 3.80. The van der Waals surface area contributed by atoms with Gasteiger partial charge in [-0.25, -0.2) is 0 Å². The molecule has 0 aliphatic carbocycles. The van der Waals surface area contributed by atoms with E-state index in [1.54, 1.807) is 6.08 Å². The predicted octanol–water partition coefficient (Wildman–Crippen LogP) is 14.9.